The zero-order valence-electron chi connectivity index (χ0n) is 37.5. The summed E-state index contributed by atoms with van der Waals surface area (Å²) in [6.45, 7) is 20.9. The minimum atomic E-state index is -0.609. The number of nitrogens with one attached hydrogen (secondary N) is 2. The molecule has 3 saturated heterocycles. The molecular formula is C50H74N10O9. The number of nitro groups is 2. The Kier molecular flexibility index (Phi) is 25.7. The summed E-state index contributed by atoms with van der Waals surface area (Å²) in [6.07, 6.45) is 3.12. The quantitative estimate of drug-likeness (QED) is 0.0312. The summed E-state index contributed by atoms with van der Waals surface area (Å²) in [5.74, 6) is 1.93. The molecule has 69 heavy (non-hydrogen) atoms. The number of aryl methyl sites for hydroxylation is 5. The number of hydrogen-bond acceptors (Lipinski definition) is 15. The van der Waals surface area contributed by atoms with E-state index in [4.69, 9.17) is 25.1 Å². The molecule has 378 valence electrons. The zero-order valence-corrected chi connectivity index (χ0v) is 37.5. The highest BCUT2D eigenvalue weighted by atomic mass is 16.6. The van der Waals surface area contributed by atoms with Gasteiger partial charge in [-0.2, -0.15) is 0 Å². The molecule has 19 nitrogen and oxygen atoms in total. The molecule has 5 aromatic rings. The van der Waals surface area contributed by atoms with Crippen LogP contribution in [0.1, 0.15) is 57.7 Å². The van der Waals surface area contributed by atoms with Crippen LogP contribution in [0.4, 0.5) is 33.4 Å². The number of aromatic nitrogens is 2. The second-order valence-corrected chi connectivity index (χ2v) is 15.7. The van der Waals surface area contributed by atoms with Gasteiger partial charge in [0.1, 0.15) is 31.3 Å². The number of nitro benzene ring substituents is 2. The summed E-state index contributed by atoms with van der Waals surface area (Å²) in [5.41, 5.74) is 11.6. The number of ether oxygens (including phenoxy) is 3. The zero-order chi connectivity index (χ0) is 46.9. The number of phenolic OH excluding ortho intramolecular Hbond substituents is 1. The average molecular weight is 959 g/mol. The van der Waals surface area contributed by atoms with E-state index in [2.05, 4.69) is 35.3 Å². The van der Waals surface area contributed by atoms with Gasteiger partial charge < -0.3 is 30.4 Å². The van der Waals surface area contributed by atoms with Crippen molar-refractivity contribution in [2.24, 2.45) is 0 Å². The monoisotopic (exact) mass is 959 g/mol. The first-order chi connectivity index (χ1) is 31.1. The number of carbonyl (C=O) groups excluding carboxylic acids is 1. The number of hydrogen-bond donors (Lipinski definition) is 4. The third-order valence-electron chi connectivity index (χ3n) is 9.82. The average Bonchev–Trinajstić information content (AvgIpc) is 4.10. The summed E-state index contributed by atoms with van der Waals surface area (Å²) in [7, 11) is 0. The first-order valence-electron chi connectivity index (χ1n) is 21.2. The molecule has 19 heteroatoms. The van der Waals surface area contributed by atoms with Gasteiger partial charge in [0.05, 0.1) is 39.3 Å². The molecule has 8 rings (SSSR count). The van der Waals surface area contributed by atoms with Crippen LogP contribution in [0.15, 0.2) is 85.2 Å². The smallest absolute Gasteiger partial charge is 0.324 e. The normalized spacial score (nSPS) is 12.8. The number of nitrogens with two attached hydrogens (primary N) is 1. The molecular weight excluding hydrogens is 885 g/mol. The highest BCUT2D eigenvalue weighted by Crippen LogP contribution is 2.29. The number of anilines is 3. The van der Waals surface area contributed by atoms with Crippen molar-refractivity contribution < 1.29 is 34.0 Å². The first kappa shape index (κ1) is 59.9. The largest absolute Gasteiger partial charge is 0.502 e. The Labute approximate surface area is 407 Å². The van der Waals surface area contributed by atoms with E-state index in [1.165, 1.54) is 43.0 Å². The van der Waals surface area contributed by atoms with Crippen molar-refractivity contribution in [3.8, 4) is 23.0 Å². The van der Waals surface area contributed by atoms with Gasteiger partial charge in [0, 0.05) is 71.0 Å². The molecule has 3 aliphatic rings. The summed E-state index contributed by atoms with van der Waals surface area (Å²) in [6, 6.07) is 20.5. The number of carbonyl (C=O) groups is 1. The standard InChI is InChI=1S/C17H21N5O2.C11H14N2O3.C11H16N2O.C7H7NO3.4CH4/c1-12-3-4-15(24-8-7-22-5-6-22)14(9-12)20-17(23)21-16-11-18-13(2)10-19-16;1-9-2-3-11(10(8-9)13(14)15)16-7-6-12-4-5-12;1-9-2-3-11(10(12)8-9)14-7-6-13-4-5-13;1-5-2-3-7(9)6(4-5)8(10)11;;;;/h3-4,9-11H,5-8H2,1-2H3,(H2,19,20,21,23);2-3,8H,4-7H2,1H3;2-3,8H,4-7,12H2,1H3;2-4,9H,1H3;4*1H4. The fourth-order valence-corrected chi connectivity index (χ4v) is 5.80. The molecule has 1 aromatic heterocycles. The summed E-state index contributed by atoms with van der Waals surface area (Å²) >= 11 is 0. The number of rotatable bonds is 16. The highest BCUT2D eigenvalue weighted by molar-refractivity contribution is 6.00. The van der Waals surface area contributed by atoms with Gasteiger partial charge in [-0.05, 0) is 93.3 Å². The molecule has 3 fully saturated rings. The fraction of sp³-hybridized carbons (Fsp3) is 0.420. The van der Waals surface area contributed by atoms with Crippen molar-refractivity contribution >= 4 is 34.6 Å². The maximum absolute atomic E-state index is 12.2. The van der Waals surface area contributed by atoms with Gasteiger partial charge in [0.25, 0.3) is 0 Å². The Bertz CT molecular complexity index is 2380. The van der Waals surface area contributed by atoms with Gasteiger partial charge in [-0.3, -0.25) is 45.2 Å². The van der Waals surface area contributed by atoms with E-state index in [9.17, 15) is 25.0 Å². The molecule has 4 aromatic carbocycles. The Morgan fingerprint density at radius 1 is 0.609 bits per heavy atom. The fourth-order valence-electron chi connectivity index (χ4n) is 5.80. The molecule has 0 unspecified atom stereocenters. The molecule has 5 N–H and O–H groups in total. The number of nitrogen functional groups attached to an aromatic ring is 1. The number of nitrogens with zero attached hydrogens (tertiary/aromatic N) is 7. The van der Waals surface area contributed by atoms with Gasteiger partial charge in [0.2, 0.25) is 0 Å². The third-order valence-corrected chi connectivity index (χ3v) is 9.82. The maximum atomic E-state index is 12.2. The van der Waals surface area contributed by atoms with E-state index in [1.807, 2.05) is 70.2 Å². The Balaban J connectivity index is 0.000000470. The molecule has 0 saturated carbocycles. The van der Waals surface area contributed by atoms with Crippen LogP contribution in [0, 0.1) is 54.8 Å². The third kappa shape index (κ3) is 22.1. The van der Waals surface area contributed by atoms with E-state index >= 15 is 0 Å². The van der Waals surface area contributed by atoms with Crippen LogP contribution in [-0.4, -0.2) is 124 Å². The van der Waals surface area contributed by atoms with Crippen LogP contribution in [0.25, 0.3) is 0 Å². The second-order valence-electron chi connectivity index (χ2n) is 15.7. The van der Waals surface area contributed by atoms with Crippen LogP contribution in [-0.2, 0) is 0 Å². The number of aromatic hydroxyl groups is 1. The summed E-state index contributed by atoms with van der Waals surface area (Å²) in [5, 5.41) is 35.5. The van der Waals surface area contributed by atoms with E-state index in [-0.39, 0.29) is 52.9 Å². The van der Waals surface area contributed by atoms with Crippen LogP contribution in [0.2, 0.25) is 0 Å². The predicted octanol–water partition coefficient (Wildman–Crippen LogP) is 9.45. The number of phenols is 1. The van der Waals surface area contributed by atoms with E-state index in [0.717, 1.165) is 86.2 Å². The van der Waals surface area contributed by atoms with Gasteiger partial charge in [-0.1, -0.05) is 54.0 Å². The van der Waals surface area contributed by atoms with Crippen molar-refractivity contribution in [1.29, 1.82) is 0 Å². The van der Waals surface area contributed by atoms with Crippen LogP contribution >= 0.6 is 0 Å². The Hall–Kier alpha value is -7.09. The molecule has 3 aliphatic heterocycles. The van der Waals surface area contributed by atoms with Crippen LogP contribution < -0.4 is 30.6 Å². The minimum Gasteiger partial charge on any atom is -0.502 e. The van der Waals surface area contributed by atoms with E-state index < -0.39 is 9.85 Å². The molecule has 4 heterocycles. The molecule has 0 aliphatic carbocycles. The topological polar surface area (TPSA) is 236 Å². The van der Waals surface area contributed by atoms with Crippen molar-refractivity contribution in [1.82, 2.24) is 24.7 Å². The van der Waals surface area contributed by atoms with Gasteiger partial charge in [-0.25, -0.2) is 9.78 Å². The minimum absolute atomic E-state index is 0. The molecule has 0 spiro atoms. The lowest BCUT2D eigenvalue weighted by Gasteiger charge is -2.14. The first-order valence-corrected chi connectivity index (χ1v) is 21.2. The number of urea groups is 1. The van der Waals surface area contributed by atoms with Crippen molar-refractivity contribution in [2.75, 3.05) is 95.1 Å². The Morgan fingerprint density at radius 3 is 1.51 bits per heavy atom. The second kappa shape index (κ2) is 29.6. The summed E-state index contributed by atoms with van der Waals surface area (Å²) < 4.78 is 16.8. The lowest BCUT2D eigenvalue weighted by molar-refractivity contribution is -0.386. The lowest BCUT2D eigenvalue weighted by atomic mass is 10.2. The molecule has 2 amide bonds. The molecule has 0 atom stereocenters. The van der Waals surface area contributed by atoms with Gasteiger partial charge in [0.15, 0.2) is 17.3 Å². The molecule has 0 bridgehead atoms. The number of benzene rings is 4. The van der Waals surface area contributed by atoms with Crippen molar-refractivity contribution in [3.63, 3.8) is 0 Å². The van der Waals surface area contributed by atoms with Crippen LogP contribution in [0.3, 0.4) is 0 Å². The van der Waals surface area contributed by atoms with E-state index in [0.29, 0.717) is 36.2 Å². The SMILES string of the molecule is C.C.C.C.Cc1ccc(O)c([N+](=O)[O-])c1.Cc1ccc(OCCN2CC2)c(N)c1.Cc1ccc(OCCN2CC2)c(NC(=O)Nc2cnc(C)cn2)c1.Cc1ccc(OCCN2CC2)c([N+](=O)[O-])c1. The van der Waals surface area contributed by atoms with E-state index in [1.54, 1.807) is 25.3 Å². The lowest BCUT2D eigenvalue weighted by Crippen LogP contribution is -2.21. The van der Waals surface area contributed by atoms with Crippen molar-refractivity contribution in [3.05, 3.63) is 133 Å². The Morgan fingerprint density at radius 2 is 1.04 bits per heavy atom. The van der Waals surface area contributed by atoms with Crippen LogP contribution in [0.5, 0.6) is 23.0 Å². The molecule has 0 radical (unpaired) electrons. The summed E-state index contributed by atoms with van der Waals surface area (Å²) in [4.78, 5) is 47.2. The predicted molar refractivity (Wildman–Crippen MR) is 276 cm³/mol. The maximum Gasteiger partial charge on any atom is 0.324 e. The van der Waals surface area contributed by atoms with Crippen molar-refractivity contribution in [2.45, 2.75) is 64.3 Å². The van der Waals surface area contributed by atoms with Gasteiger partial charge in [-0.15, -0.1) is 0 Å². The van der Waals surface area contributed by atoms with Gasteiger partial charge >= 0.3 is 17.4 Å². The highest BCUT2D eigenvalue weighted by Gasteiger charge is 2.20. The number of amides is 2.